The topological polar surface area (TPSA) is 115 Å². The van der Waals surface area contributed by atoms with Crippen LogP contribution in [0.25, 0.3) is 0 Å². The fraction of sp³-hybridized carbons (Fsp3) is 0.357. The number of ether oxygens (including phenoxy) is 2. The van der Waals surface area contributed by atoms with E-state index < -0.39 is 0 Å². The molecule has 0 spiro atoms. The van der Waals surface area contributed by atoms with Gasteiger partial charge in [-0.2, -0.15) is 5.10 Å². The maximum atomic E-state index is 12.1. The maximum absolute atomic E-state index is 12.1. The molecular weight excluding hydrogens is 286 g/mol. The number of carbonyl (C=O) groups excluding carboxylic acids is 1. The minimum Gasteiger partial charge on any atom is -0.493 e. The van der Waals surface area contributed by atoms with Crippen molar-refractivity contribution in [3.05, 3.63) is 35.9 Å². The average molecular weight is 305 g/mol. The summed E-state index contributed by atoms with van der Waals surface area (Å²) in [6.45, 7) is 1.28. The lowest BCUT2D eigenvalue weighted by atomic mass is 10.2. The lowest BCUT2D eigenvalue weighted by molar-refractivity contribution is 0.0949. The Kier molecular flexibility index (Phi) is 5.73. The molecule has 1 aromatic carbocycles. The number of aromatic nitrogens is 3. The van der Waals surface area contributed by atoms with Crippen LogP contribution in [0.15, 0.2) is 24.5 Å². The Labute approximate surface area is 128 Å². The van der Waals surface area contributed by atoms with Crippen LogP contribution in [0.5, 0.6) is 11.5 Å². The predicted octanol–water partition coefficient (Wildman–Crippen LogP) is 0.471. The number of benzene rings is 1. The normalized spacial score (nSPS) is 10.3. The van der Waals surface area contributed by atoms with Gasteiger partial charge in [0.15, 0.2) is 11.5 Å². The van der Waals surface area contributed by atoms with Crippen molar-refractivity contribution in [3.63, 3.8) is 0 Å². The third-order valence-electron chi connectivity index (χ3n) is 2.91. The molecule has 2 rings (SSSR count). The molecule has 0 bridgehead atoms. The Morgan fingerprint density at radius 3 is 2.95 bits per heavy atom. The van der Waals surface area contributed by atoms with E-state index in [-0.39, 0.29) is 12.5 Å². The molecule has 8 heteroatoms. The van der Waals surface area contributed by atoms with E-state index in [1.807, 2.05) is 0 Å². The molecule has 0 aliphatic carbocycles. The fourth-order valence-corrected chi connectivity index (χ4v) is 1.78. The summed E-state index contributed by atoms with van der Waals surface area (Å²) in [5, 5.41) is 9.14. The summed E-state index contributed by atoms with van der Waals surface area (Å²) < 4.78 is 10.8. The number of aromatic amines is 1. The molecule has 118 valence electrons. The third kappa shape index (κ3) is 4.19. The molecule has 22 heavy (non-hydrogen) atoms. The van der Waals surface area contributed by atoms with Gasteiger partial charge in [-0.3, -0.25) is 9.89 Å². The van der Waals surface area contributed by atoms with Crippen molar-refractivity contribution in [1.82, 2.24) is 20.5 Å². The summed E-state index contributed by atoms with van der Waals surface area (Å²) in [4.78, 5) is 16.1. The van der Waals surface area contributed by atoms with E-state index in [4.69, 9.17) is 15.2 Å². The zero-order chi connectivity index (χ0) is 15.8. The summed E-state index contributed by atoms with van der Waals surface area (Å²) in [5.41, 5.74) is 5.91. The first kappa shape index (κ1) is 15.8. The highest BCUT2D eigenvalue weighted by Gasteiger charge is 2.11. The van der Waals surface area contributed by atoms with Gasteiger partial charge in [-0.05, 0) is 31.2 Å². The molecule has 1 amide bonds. The van der Waals surface area contributed by atoms with Gasteiger partial charge in [-0.25, -0.2) is 4.98 Å². The quantitative estimate of drug-likeness (QED) is 0.611. The second kappa shape index (κ2) is 7.99. The van der Waals surface area contributed by atoms with Crippen LogP contribution < -0.4 is 20.5 Å². The van der Waals surface area contributed by atoms with Gasteiger partial charge < -0.3 is 20.5 Å². The largest absolute Gasteiger partial charge is 0.493 e. The number of nitrogens with zero attached hydrogens (tertiary/aromatic N) is 2. The molecule has 0 saturated heterocycles. The van der Waals surface area contributed by atoms with Gasteiger partial charge in [0.1, 0.15) is 12.2 Å². The molecule has 0 atom stereocenters. The Hall–Kier alpha value is -2.61. The van der Waals surface area contributed by atoms with E-state index in [0.29, 0.717) is 36.0 Å². The minimum absolute atomic E-state index is 0.234. The van der Waals surface area contributed by atoms with Gasteiger partial charge in [-0.1, -0.05) is 0 Å². The van der Waals surface area contributed by atoms with Gasteiger partial charge in [0, 0.05) is 5.56 Å². The molecule has 8 nitrogen and oxygen atoms in total. The first-order chi connectivity index (χ1) is 10.7. The van der Waals surface area contributed by atoms with Crippen molar-refractivity contribution < 1.29 is 14.3 Å². The second-order valence-corrected chi connectivity index (χ2v) is 4.47. The molecule has 0 aliphatic rings. The van der Waals surface area contributed by atoms with Crippen LogP contribution in [0.3, 0.4) is 0 Å². The van der Waals surface area contributed by atoms with Gasteiger partial charge in [-0.15, -0.1) is 0 Å². The van der Waals surface area contributed by atoms with Gasteiger partial charge >= 0.3 is 0 Å². The molecule has 1 heterocycles. The highest BCUT2D eigenvalue weighted by atomic mass is 16.5. The van der Waals surface area contributed by atoms with E-state index in [0.717, 1.165) is 6.42 Å². The maximum Gasteiger partial charge on any atom is 0.251 e. The summed E-state index contributed by atoms with van der Waals surface area (Å²) >= 11 is 0. The Morgan fingerprint density at radius 1 is 1.41 bits per heavy atom. The number of methoxy groups -OCH3 is 1. The van der Waals surface area contributed by atoms with Gasteiger partial charge in [0.2, 0.25) is 0 Å². The predicted molar refractivity (Wildman–Crippen MR) is 79.7 cm³/mol. The van der Waals surface area contributed by atoms with Crippen molar-refractivity contribution in [2.75, 3.05) is 20.3 Å². The van der Waals surface area contributed by atoms with E-state index >= 15 is 0 Å². The fourth-order valence-electron chi connectivity index (χ4n) is 1.78. The summed E-state index contributed by atoms with van der Waals surface area (Å²) in [6.07, 6.45) is 2.11. The van der Waals surface area contributed by atoms with Crippen LogP contribution in [-0.4, -0.2) is 41.3 Å². The lowest BCUT2D eigenvalue weighted by Gasteiger charge is -2.12. The van der Waals surface area contributed by atoms with E-state index in [9.17, 15) is 4.79 Å². The highest BCUT2D eigenvalue weighted by Crippen LogP contribution is 2.28. The van der Waals surface area contributed by atoms with Crippen LogP contribution in [0, 0.1) is 0 Å². The molecule has 0 radical (unpaired) electrons. The number of carbonyl (C=O) groups is 1. The van der Waals surface area contributed by atoms with Crippen LogP contribution >= 0.6 is 0 Å². The molecule has 0 unspecified atom stereocenters. The number of rotatable bonds is 8. The summed E-state index contributed by atoms with van der Waals surface area (Å²) in [7, 11) is 1.55. The number of hydrogen-bond donors (Lipinski definition) is 3. The molecular formula is C14H19N5O3. The second-order valence-electron chi connectivity index (χ2n) is 4.47. The lowest BCUT2D eigenvalue weighted by Crippen LogP contribution is -2.23. The standard InChI is InChI=1S/C14H19N5O3/c1-21-11-4-3-10(7-12(11)22-6-2-5-15)14(20)16-8-13-17-9-18-19-13/h3-4,7,9H,2,5-6,8,15H2,1H3,(H,16,20)(H,17,18,19). The van der Waals surface area contributed by atoms with E-state index in [1.54, 1.807) is 25.3 Å². The van der Waals surface area contributed by atoms with Crippen molar-refractivity contribution in [2.24, 2.45) is 5.73 Å². The van der Waals surface area contributed by atoms with Crippen molar-refractivity contribution in [1.29, 1.82) is 0 Å². The van der Waals surface area contributed by atoms with Crippen molar-refractivity contribution in [2.45, 2.75) is 13.0 Å². The number of hydrogen-bond acceptors (Lipinski definition) is 6. The zero-order valence-electron chi connectivity index (χ0n) is 12.3. The van der Waals surface area contributed by atoms with E-state index in [2.05, 4.69) is 20.5 Å². The Balaban J connectivity index is 2.02. The first-order valence-corrected chi connectivity index (χ1v) is 6.88. The first-order valence-electron chi connectivity index (χ1n) is 6.88. The SMILES string of the molecule is COc1ccc(C(=O)NCc2ncn[nH]2)cc1OCCCN. The van der Waals surface area contributed by atoms with Crippen LogP contribution in [-0.2, 0) is 6.54 Å². The zero-order valence-corrected chi connectivity index (χ0v) is 12.3. The van der Waals surface area contributed by atoms with Crippen LogP contribution in [0.4, 0.5) is 0 Å². The molecule has 0 saturated carbocycles. The van der Waals surface area contributed by atoms with Crippen LogP contribution in [0.1, 0.15) is 22.6 Å². The molecule has 4 N–H and O–H groups in total. The number of nitrogens with one attached hydrogen (secondary N) is 2. The molecule has 0 aliphatic heterocycles. The molecule has 1 aromatic heterocycles. The number of nitrogens with two attached hydrogens (primary N) is 1. The molecule has 2 aromatic rings. The number of amides is 1. The number of H-pyrrole nitrogens is 1. The van der Waals surface area contributed by atoms with Gasteiger partial charge in [0.25, 0.3) is 5.91 Å². The summed E-state index contributed by atoms with van der Waals surface area (Å²) in [6, 6.07) is 5.01. The van der Waals surface area contributed by atoms with Gasteiger partial charge in [0.05, 0.1) is 20.3 Å². The Morgan fingerprint density at radius 2 is 2.27 bits per heavy atom. The summed E-state index contributed by atoms with van der Waals surface area (Å²) in [5.74, 6) is 1.44. The van der Waals surface area contributed by atoms with Crippen LogP contribution in [0.2, 0.25) is 0 Å². The van der Waals surface area contributed by atoms with Crippen molar-refractivity contribution >= 4 is 5.91 Å². The smallest absolute Gasteiger partial charge is 0.251 e. The minimum atomic E-state index is -0.234. The monoisotopic (exact) mass is 305 g/mol. The third-order valence-corrected chi connectivity index (χ3v) is 2.91. The highest BCUT2D eigenvalue weighted by molar-refractivity contribution is 5.94. The Bertz CT molecular complexity index is 601. The molecule has 0 fully saturated rings. The average Bonchev–Trinajstić information content (AvgIpc) is 3.06. The van der Waals surface area contributed by atoms with E-state index in [1.165, 1.54) is 6.33 Å². The van der Waals surface area contributed by atoms with Crippen molar-refractivity contribution in [3.8, 4) is 11.5 Å².